The van der Waals surface area contributed by atoms with Crippen molar-refractivity contribution < 1.29 is 23.5 Å². The second-order valence-corrected chi connectivity index (χ2v) is 9.49. The first-order valence-corrected chi connectivity index (χ1v) is 12.7. The lowest BCUT2D eigenvalue weighted by Gasteiger charge is -2.33. The van der Waals surface area contributed by atoms with Gasteiger partial charge in [0, 0.05) is 6.04 Å². The second-order valence-electron chi connectivity index (χ2n) is 9.49. The molecule has 198 valence electrons. The topological polar surface area (TPSA) is 140 Å². The number of carbonyl (C=O) groups excluding carboxylic acids is 2. The molecule has 0 radical (unpaired) electrons. The number of aryl methyl sites for hydroxylation is 1. The SMILES string of the molecule is Cc1ccc(-c2nnn(CC(=O)N(Cc3ccco3)[C@H](C(=O)NC3CCCCC3)c3ccc(O)cc3)n2)o1. The number of nitrogens with zero attached hydrogens (tertiary/aromatic N) is 5. The van der Waals surface area contributed by atoms with Crippen molar-refractivity contribution in [3.63, 3.8) is 0 Å². The fraction of sp³-hybridized carbons (Fsp3) is 0.370. The summed E-state index contributed by atoms with van der Waals surface area (Å²) in [5.41, 5.74) is 0.564. The van der Waals surface area contributed by atoms with E-state index in [4.69, 9.17) is 8.83 Å². The number of nitrogens with one attached hydrogen (secondary N) is 1. The summed E-state index contributed by atoms with van der Waals surface area (Å²) in [4.78, 5) is 30.2. The van der Waals surface area contributed by atoms with E-state index in [2.05, 4.69) is 20.7 Å². The van der Waals surface area contributed by atoms with Crippen molar-refractivity contribution in [2.45, 2.75) is 64.2 Å². The van der Waals surface area contributed by atoms with Gasteiger partial charge in [0.1, 0.15) is 29.9 Å². The van der Waals surface area contributed by atoms with Crippen molar-refractivity contribution in [1.29, 1.82) is 0 Å². The Bertz CT molecular complexity index is 1350. The molecule has 3 heterocycles. The summed E-state index contributed by atoms with van der Waals surface area (Å²) < 4.78 is 11.1. The van der Waals surface area contributed by atoms with E-state index in [-0.39, 0.29) is 36.6 Å². The van der Waals surface area contributed by atoms with Gasteiger partial charge < -0.3 is 24.2 Å². The molecule has 0 saturated heterocycles. The highest BCUT2D eigenvalue weighted by atomic mass is 16.3. The van der Waals surface area contributed by atoms with Gasteiger partial charge in [-0.05, 0) is 66.9 Å². The fourth-order valence-corrected chi connectivity index (χ4v) is 4.73. The lowest BCUT2D eigenvalue weighted by atomic mass is 9.94. The van der Waals surface area contributed by atoms with Gasteiger partial charge in [-0.2, -0.15) is 4.80 Å². The maximum Gasteiger partial charge on any atom is 0.247 e. The summed E-state index contributed by atoms with van der Waals surface area (Å²) in [7, 11) is 0. The summed E-state index contributed by atoms with van der Waals surface area (Å²) in [6.45, 7) is 1.61. The van der Waals surface area contributed by atoms with E-state index in [9.17, 15) is 14.7 Å². The van der Waals surface area contributed by atoms with Crippen LogP contribution in [-0.4, -0.2) is 48.1 Å². The molecule has 3 aromatic heterocycles. The Labute approximate surface area is 219 Å². The number of tetrazole rings is 1. The van der Waals surface area contributed by atoms with Crippen molar-refractivity contribution in [3.8, 4) is 17.3 Å². The lowest BCUT2D eigenvalue weighted by Crippen LogP contribution is -2.47. The number of aromatic nitrogens is 4. The molecule has 5 rings (SSSR count). The zero-order valence-electron chi connectivity index (χ0n) is 21.1. The van der Waals surface area contributed by atoms with Gasteiger partial charge in [-0.15, -0.1) is 10.2 Å². The van der Waals surface area contributed by atoms with Gasteiger partial charge >= 0.3 is 0 Å². The summed E-state index contributed by atoms with van der Waals surface area (Å²) in [5.74, 6) is 1.30. The Morgan fingerprint density at radius 2 is 1.92 bits per heavy atom. The number of hydrogen-bond acceptors (Lipinski definition) is 8. The molecule has 11 nitrogen and oxygen atoms in total. The van der Waals surface area contributed by atoms with Crippen molar-refractivity contribution >= 4 is 11.8 Å². The van der Waals surface area contributed by atoms with E-state index in [0.29, 0.717) is 22.8 Å². The van der Waals surface area contributed by atoms with Crippen LogP contribution >= 0.6 is 0 Å². The van der Waals surface area contributed by atoms with Crippen molar-refractivity contribution in [1.82, 2.24) is 30.4 Å². The van der Waals surface area contributed by atoms with Crippen LogP contribution in [0.4, 0.5) is 0 Å². The first-order valence-electron chi connectivity index (χ1n) is 12.7. The van der Waals surface area contributed by atoms with E-state index in [1.165, 1.54) is 28.1 Å². The molecule has 4 aromatic rings. The first kappa shape index (κ1) is 25.2. The third-order valence-corrected chi connectivity index (χ3v) is 6.64. The van der Waals surface area contributed by atoms with E-state index in [0.717, 1.165) is 32.1 Å². The van der Waals surface area contributed by atoms with E-state index in [1.54, 1.807) is 36.4 Å². The van der Waals surface area contributed by atoms with Gasteiger partial charge in [0.05, 0.1) is 12.8 Å². The van der Waals surface area contributed by atoms with Gasteiger partial charge in [-0.25, -0.2) is 0 Å². The van der Waals surface area contributed by atoms with Crippen LogP contribution < -0.4 is 5.32 Å². The van der Waals surface area contributed by atoms with Gasteiger partial charge in [-0.3, -0.25) is 9.59 Å². The van der Waals surface area contributed by atoms with Crippen LogP contribution in [0.5, 0.6) is 5.75 Å². The molecule has 1 saturated carbocycles. The van der Waals surface area contributed by atoms with E-state index >= 15 is 0 Å². The van der Waals surface area contributed by atoms with Gasteiger partial charge in [0.2, 0.25) is 17.6 Å². The highest BCUT2D eigenvalue weighted by molar-refractivity contribution is 5.89. The van der Waals surface area contributed by atoms with Crippen LogP contribution in [-0.2, 0) is 22.7 Å². The summed E-state index contributed by atoms with van der Waals surface area (Å²) in [6, 6.07) is 12.4. The van der Waals surface area contributed by atoms with Gasteiger partial charge in [0.15, 0.2) is 5.76 Å². The maximum atomic E-state index is 13.8. The molecule has 2 amide bonds. The Kier molecular flexibility index (Phi) is 7.52. The largest absolute Gasteiger partial charge is 0.508 e. The van der Waals surface area contributed by atoms with Gasteiger partial charge in [-0.1, -0.05) is 31.4 Å². The van der Waals surface area contributed by atoms with Crippen molar-refractivity contribution in [2.75, 3.05) is 0 Å². The quantitative estimate of drug-likeness (QED) is 0.341. The van der Waals surface area contributed by atoms with Crippen LogP contribution in [0.2, 0.25) is 0 Å². The van der Waals surface area contributed by atoms with Crippen LogP contribution in [0.1, 0.15) is 55.2 Å². The van der Waals surface area contributed by atoms with Crippen molar-refractivity contribution in [2.24, 2.45) is 0 Å². The lowest BCUT2D eigenvalue weighted by molar-refractivity contribution is -0.143. The molecule has 0 unspecified atom stereocenters. The van der Waals surface area contributed by atoms with E-state index in [1.807, 2.05) is 6.92 Å². The molecular weight excluding hydrogens is 488 g/mol. The first-order chi connectivity index (χ1) is 18.5. The highest BCUT2D eigenvalue weighted by Gasteiger charge is 2.34. The van der Waals surface area contributed by atoms with Crippen LogP contribution in [0, 0.1) is 6.92 Å². The molecule has 38 heavy (non-hydrogen) atoms. The van der Waals surface area contributed by atoms with Crippen LogP contribution in [0.3, 0.4) is 0 Å². The molecule has 0 aliphatic heterocycles. The second kappa shape index (κ2) is 11.3. The number of hydrogen-bond donors (Lipinski definition) is 2. The average Bonchev–Trinajstić information content (AvgIpc) is 3.68. The number of amides is 2. The number of carbonyl (C=O) groups is 2. The van der Waals surface area contributed by atoms with Gasteiger partial charge in [0.25, 0.3) is 0 Å². The maximum absolute atomic E-state index is 13.8. The summed E-state index contributed by atoms with van der Waals surface area (Å²) >= 11 is 0. The molecule has 0 bridgehead atoms. The predicted octanol–water partition coefficient (Wildman–Crippen LogP) is 3.76. The smallest absolute Gasteiger partial charge is 0.247 e. The molecule has 1 aliphatic rings. The average molecular weight is 519 g/mol. The molecule has 1 fully saturated rings. The summed E-state index contributed by atoms with van der Waals surface area (Å²) in [5, 5.41) is 25.3. The molecule has 1 atom stereocenters. The minimum absolute atomic E-state index is 0.0488. The molecule has 2 N–H and O–H groups in total. The van der Waals surface area contributed by atoms with Crippen molar-refractivity contribution in [3.05, 3.63) is 71.9 Å². The number of benzene rings is 1. The summed E-state index contributed by atoms with van der Waals surface area (Å²) in [6.07, 6.45) is 6.59. The third-order valence-electron chi connectivity index (χ3n) is 6.64. The number of phenolic OH excluding ortho intramolecular Hbond substituents is 1. The number of rotatable bonds is 9. The highest BCUT2D eigenvalue weighted by Crippen LogP contribution is 2.27. The zero-order valence-corrected chi connectivity index (χ0v) is 21.1. The number of aromatic hydroxyl groups is 1. The molecular formula is C27H30N6O5. The monoisotopic (exact) mass is 518 g/mol. The minimum Gasteiger partial charge on any atom is -0.508 e. The molecule has 1 aromatic carbocycles. The molecule has 0 spiro atoms. The van der Waals surface area contributed by atoms with E-state index < -0.39 is 11.9 Å². The zero-order chi connectivity index (χ0) is 26.5. The fourth-order valence-electron chi connectivity index (χ4n) is 4.73. The predicted molar refractivity (Wildman–Crippen MR) is 135 cm³/mol. The number of furan rings is 2. The standard InChI is InChI=1S/C27H30N6O5/c1-18-9-14-23(38-18)26-29-31-33(30-26)17-24(35)32(16-22-8-5-15-37-22)25(19-10-12-21(34)13-11-19)27(36)28-20-6-3-2-4-7-20/h5,8-15,20,25,34H,2-4,6-7,16-17H2,1H3,(H,28,36)/t25-/m0/s1. The molecule has 1 aliphatic carbocycles. The Balaban J connectivity index is 1.44. The number of phenols is 1. The third kappa shape index (κ3) is 5.93. The van der Waals surface area contributed by atoms with Crippen LogP contribution in [0.15, 0.2) is 63.6 Å². The Morgan fingerprint density at radius 1 is 1.13 bits per heavy atom. The minimum atomic E-state index is -0.967. The van der Waals surface area contributed by atoms with Crippen LogP contribution in [0.25, 0.3) is 11.6 Å². The Hall–Kier alpha value is -4.41. The Morgan fingerprint density at radius 3 is 2.61 bits per heavy atom. The molecule has 11 heteroatoms. The normalized spacial score (nSPS) is 14.8.